The Morgan fingerprint density at radius 1 is 1.29 bits per heavy atom. The van der Waals surface area contributed by atoms with E-state index >= 15 is 0 Å². The quantitative estimate of drug-likeness (QED) is 0.920. The summed E-state index contributed by atoms with van der Waals surface area (Å²) in [5.74, 6) is -0.104. The van der Waals surface area contributed by atoms with Crippen LogP contribution in [-0.4, -0.2) is 22.7 Å². The Bertz CT molecular complexity index is 698. The highest BCUT2D eigenvalue weighted by molar-refractivity contribution is 5.96. The van der Waals surface area contributed by atoms with Gasteiger partial charge in [-0.2, -0.15) is 5.10 Å². The zero-order valence-electron chi connectivity index (χ0n) is 12.4. The van der Waals surface area contributed by atoms with Crippen LogP contribution in [0.25, 0.3) is 11.6 Å². The highest BCUT2D eigenvalue weighted by Gasteiger charge is 2.25. The molecule has 3 rings (SSSR count). The summed E-state index contributed by atoms with van der Waals surface area (Å²) in [5, 5.41) is 7.09. The molecule has 1 N–H and O–H groups in total. The van der Waals surface area contributed by atoms with Crippen molar-refractivity contribution in [3.05, 3.63) is 52.8 Å². The summed E-state index contributed by atoms with van der Waals surface area (Å²) < 4.78 is 1.84. The summed E-state index contributed by atoms with van der Waals surface area (Å²) in [5.41, 5.74) is 5.18. The van der Waals surface area contributed by atoms with Crippen molar-refractivity contribution in [2.75, 3.05) is 7.05 Å². The molecule has 108 valence electrons. The lowest BCUT2D eigenvalue weighted by Crippen LogP contribution is -2.20. The molecule has 0 saturated heterocycles. The molecule has 1 aromatic heterocycles. The van der Waals surface area contributed by atoms with E-state index in [0.717, 1.165) is 30.5 Å². The van der Waals surface area contributed by atoms with E-state index < -0.39 is 0 Å². The molecule has 0 bridgehead atoms. The fourth-order valence-corrected chi connectivity index (χ4v) is 2.97. The van der Waals surface area contributed by atoms with Gasteiger partial charge in [-0.15, -0.1) is 0 Å². The lowest BCUT2D eigenvalue weighted by atomic mass is 9.90. The van der Waals surface area contributed by atoms with Gasteiger partial charge in [0, 0.05) is 19.7 Å². The minimum atomic E-state index is -0.104. The number of rotatable bonds is 2. The molecule has 0 saturated carbocycles. The average molecular weight is 281 g/mol. The minimum Gasteiger partial charge on any atom is -0.354 e. The Hall–Kier alpha value is -2.36. The Labute approximate surface area is 124 Å². The summed E-state index contributed by atoms with van der Waals surface area (Å²) >= 11 is 0. The molecule has 1 aliphatic carbocycles. The molecule has 1 amide bonds. The van der Waals surface area contributed by atoms with Gasteiger partial charge < -0.3 is 5.32 Å². The molecule has 1 aromatic carbocycles. The number of nitrogens with zero attached hydrogens (tertiary/aromatic N) is 2. The van der Waals surface area contributed by atoms with Gasteiger partial charge in [0.05, 0.1) is 5.69 Å². The Morgan fingerprint density at radius 3 is 2.76 bits per heavy atom. The Balaban J connectivity index is 2.09. The van der Waals surface area contributed by atoms with E-state index in [4.69, 9.17) is 0 Å². The third-order valence-corrected chi connectivity index (χ3v) is 3.90. The third kappa shape index (κ3) is 2.49. The molecule has 1 heterocycles. The second-order valence-electron chi connectivity index (χ2n) is 5.31. The van der Waals surface area contributed by atoms with Gasteiger partial charge in [-0.1, -0.05) is 30.3 Å². The van der Waals surface area contributed by atoms with E-state index in [9.17, 15) is 4.79 Å². The molecule has 4 heteroatoms. The largest absolute Gasteiger partial charge is 0.354 e. The molecule has 4 nitrogen and oxygen atoms in total. The lowest BCUT2D eigenvalue weighted by Gasteiger charge is -2.17. The van der Waals surface area contributed by atoms with Crippen molar-refractivity contribution in [2.24, 2.45) is 7.05 Å². The van der Waals surface area contributed by atoms with Crippen molar-refractivity contribution in [1.82, 2.24) is 15.1 Å². The number of allylic oxidation sites excluding steroid dienone is 1. The van der Waals surface area contributed by atoms with E-state index in [1.54, 1.807) is 7.05 Å². The van der Waals surface area contributed by atoms with Crippen LogP contribution in [0.5, 0.6) is 0 Å². The minimum absolute atomic E-state index is 0.104. The first-order chi connectivity index (χ1) is 10.2. The smallest absolute Gasteiger partial charge is 0.271 e. The maximum absolute atomic E-state index is 12.0. The van der Waals surface area contributed by atoms with E-state index in [0.29, 0.717) is 5.69 Å². The predicted octanol–water partition coefficient (Wildman–Crippen LogP) is 2.66. The molecular weight excluding hydrogens is 262 g/mol. The molecule has 0 fully saturated rings. The number of carbonyl (C=O) groups is 1. The highest BCUT2D eigenvalue weighted by atomic mass is 16.1. The summed E-state index contributed by atoms with van der Waals surface area (Å²) in [7, 11) is 3.56. The summed E-state index contributed by atoms with van der Waals surface area (Å²) in [4.78, 5) is 12.0. The number of amides is 1. The maximum Gasteiger partial charge on any atom is 0.271 e. The first kappa shape index (κ1) is 13.6. The van der Waals surface area contributed by atoms with Crippen molar-refractivity contribution < 1.29 is 4.79 Å². The van der Waals surface area contributed by atoms with Crippen LogP contribution in [0.15, 0.2) is 30.3 Å². The SMILES string of the molecule is CNC(=O)c1nn(C)c2c1CCC/C2=C\c1ccccc1. The van der Waals surface area contributed by atoms with E-state index in [1.165, 1.54) is 11.1 Å². The van der Waals surface area contributed by atoms with Gasteiger partial charge in [0.2, 0.25) is 0 Å². The van der Waals surface area contributed by atoms with Gasteiger partial charge in [-0.25, -0.2) is 0 Å². The van der Waals surface area contributed by atoms with Crippen LogP contribution in [0.2, 0.25) is 0 Å². The first-order valence-corrected chi connectivity index (χ1v) is 7.24. The highest BCUT2D eigenvalue weighted by Crippen LogP contribution is 2.33. The summed E-state index contributed by atoms with van der Waals surface area (Å²) in [6, 6.07) is 10.3. The number of aromatic nitrogens is 2. The number of nitrogens with one attached hydrogen (secondary N) is 1. The Morgan fingerprint density at radius 2 is 2.05 bits per heavy atom. The molecular formula is C17H19N3O. The van der Waals surface area contributed by atoms with E-state index in [-0.39, 0.29) is 5.91 Å². The number of carbonyl (C=O) groups excluding carboxylic acids is 1. The number of fused-ring (bicyclic) bond motifs is 1. The monoisotopic (exact) mass is 281 g/mol. The lowest BCUT2D eigenvalue weighted by molar-refractivity contribution is 0.0956. The molecule has 1 aliphatic rings. The van der Waals surface area contributed by atoms with Crippen molar-refractivity contribution in [3.8, 4) is 0 Å². The van der Waals surface area contributed by atoms with Crippen LogP contribution in [-0.2, 0) is 13.5 Å². The molecule has 21 heavy (non-hydrogen) atoms. The van der Waals surface area contributed by atoms with Crippen LogP contribution < -0.4 is 5.32 Å². The maximum atomic E-state index is 12.0. The van der Waals surface area contributed by atoms with Crippen molar-refractivity contribution in [3.63, 3.8) is 0 Å². The van der Waals surface area contributed by atoms with Crippen LogP contribution in [0.4, 0.5) is 0 Å². The van der Waals surface area contributed by atoms with E-state index in [1.807, 2.05) is 29.9 Å². The normalized spacial score (nSPS) is 15.8. The van der Waals surface area contributed by atoms with E-state index in [2.05, 4.69) is 28.6 Å². The fraction of sp³-hybridized carbons (Fsp3) is 0.294. The number of hydrogen-bond donors (Lipinski definition) is 1. The zero-order valence-corrected chi connectivity index (χ0v) is 12.4. The van der Waals surface area contributed by atoms with Gasteiger partial charge in [0.25, 0.3) is 5.91 Å². The fourth-order valence-electron chi connectivity index (χ4n) is 2.97. The molecule has 0 radical (unpaired) electrons. The van der Waals surface area contributed by atoms with Gasteiger partial charge in [0.15, 0.2) is 5.69 Å². The molecule has 0 unspecified atom stereocenters. The van der Waals surface area contributed by atoms with Crippen molar-refractivity contribution >= 4 is 17.6 Å². The van der Waals surface area contributed by atoms with Gasteiger partial charge >= 0.3 is 0 Å². The van der Waals surface area contributed by atoms with Crippen molar-refractivity contribution in [1.29, 1.82) is 0 Å². The number of hydrogen-bond acceptors (Lipinski definition) is 2. The second kappa shape index (κ2) is 5.56. The van der Waals surface area contributed by atoms with Gasteiger partial charge in [-0.3, -0.25) is 9.48 Å². The second-order valence-corrected chi connectivity index (χ2v) is 5.31. The number of benzene rings is 1. The summed E-state index contributed by atoms with van der Waals surface area (Å²) in [6.07, 6.45) is 5.20. The molecule has 2 aromatic rings. The van der Waals surface area contributed by atoms with Crippen LogP contribution in [0.3, 0.4) is 0 Å². The molecule has 0 atom stereocenters. The third-order valence-electron chi connectivity index (χ3n) is 3.90. The van der Waals surface area contributed by atoms with Crippen LogP contribution in [0.1, 0.15) is 40.2 Å². The summed E-state index contributed by atoms with van der Waals surface area (Å²) in [6.45, 7) is 0. The Kier molecular flexibility index (Phi) is 3.60. The predicted molar refractivity (Wildman–Crippen MR) is 83.8 cm³/mol. The van der Waals surface area contributed by atoms with Crippen LogP contribution >= 0.6 is 0 Å². The van der Waals surface area contributed by atoms with Crippen molar-refractivity contribution in [2.45, 2.75) is 19.3 Å². The number of aryl methyl sites for hydroxylation is 1. The average Bonchev–Trinajstić information content (AvgIpc) is 2.86. The standard InChI is InChI=1S/C17H19N3O/c1-18-17(21)15-14-10-6-9-13(16(14)20(2)19-15)11-12-7-4-3-5-8-12/h3-5,7-8,11H,6,9-10H2,1-2H3,(H,18,21)/b13-11+. The molecule has 0 aliphatic heterocycles. The van der Waals surface area contributed by atoms with Crippen LogP contribution in [0, 0.1) is 0 Å². The van der Waals surface area contributed by atoms with Gasteiger partial charge in [-0.05, 0) is 36.5 Å². The van der Waals surface area contributed by atoms with Gasteiger partial charge in [0.1, 0.15) is 0 Å². The zero-order chi connectivity index (χ0) is 14.8. The topological polar surface area (TPSA) is 46.9 Å². The molecule has 0 spiro atoms. The first-order valence-electron chi connectivity index (χ1n) is 7.24.